The summed E-state index contributed by atoms with van der Waals surface area (Å²) in [6.45, 7) is 7.41. The molecule has 0 spiro atoms. The molecule has 0 radical (unpaired) electrons. The number of ether oxygens (including phenoxy) is 1. The molecular formula is C13H20N2O2. The number of hydrogen-bond acceptors (Lipinski definition) is 4. The molecule has 0 bridgehead atoms. The maximum Gasteiger partial charge on any atom is 0.356 e. The van der Waals surface area contributed by atoms with Crippen LogP contribution >= 0.6 is 0 Å². The number of carbonyl (C=O) groups is 1. The van der Waals surface area contributed by atoms with Gasteiger partial charge in [-0.2, -0.15) is 0 Å². The Labute approximate surface area is 102 Å². The highest BCUT2D eigenvalue weighted by Crippen LogP contribution is 2.20. The molecular weight excluding hydrogens is 216 g/mol. The summed E-state index contributed by atoms with van der Waals surface area (Å²) in [5.41, 5.74) is 1.45. The van der Waals surface area contributed by atoms with E-state index in [1.165, 1.54) is 7.11 Å². The van der Waals surface area contributed by atoms with Crippen LogP contribution in [0.5, 0.6) is 0 Å². The topological polar surface area (TPSA) is 51.2 Å². The van der Waals surface area contributed by atoms with Gasteiger partial charge in [0, 0.05) is 18.4 Å². The Bertz CT molecular complexity index is 389. The van der Waals surface area contributed by atoms with Crippen molar-refractivity contribution in [1.82, 2.24) is 4.98 Å². The third-order valence-corrected chi connectivity index (χ3v) is 2.88. The van der Waals surface area contributed by atoms with E-state index in [-0.39, 0.29) is 5.41 Å². The largest absolute Gasteiger partial charge is 0.464 e. The molecule has 0 saturated carbocycles. The van der Waals surface area contributed by atoms with Crippen molar-refractivity contribution in [2.45, 2.75) is 27.2 Å². The molecule has 1 aromatic rings. The van der Waals surface area contributed by atoms with Gasteiger partial charge >= 0.3 is 5.97 Å². The lowest BCUT2D eigenvalue weighted by Crippen LogP contribution is -2.22. The van der Waals surface area contributed by atoms with Gasteiger partial charge in [0.05, 0.1) is 7.11 Å². The van der Waals surface area contributed by atoms with E-state index in [0.29, 0.717) is 5.69 Å². The van der Waals surface area contributed by atoms with Crippen molar-refractivity contribution in [3.8, 4) is 0 Å². The maximum atomic E-state index is 11.3. The number of aromatic nitrogens is 1. The summed E-state index contributed by atoms with van der Waals surface area (Å²) in [4.78, 5) is 15.3. The predicted octanol–water partition coefficient (Wildman–Crippen LogP) is 2.72. The Balaban J connectivity index is 2.70. The van der Waals surface area contributed by atoms with E-state index in [0.717, 1.165) is 18.7 Å². The van der Waals surface area contributed by atoms with Crippen molar-refractivity contribution >= 4 is 11.7 Å². The number of esters is 1. The molecule has 0 aliphatic rings. The van der Waals surface area contributed by atoms with E-state index in [1.807, 2.05) is 6.07 Å². The molecule has 4 heteroatoms. The van der Waals surface area contributed by atoms with E-state index < -0.39 is 5.97 Å². The Morgan fingerprint density at radius 3 is 2.82 bits per heavy atom. The van der Waals surface area contributed by atoms with Gasteiger partial charge in [-0.1, -0.05) is 20.8 Å². The van der Waals surface area contributed by atoms with Gasteiger partial charge < -0.3 is 10.1 Å². The predicted molar refractivity (Wildman–Crippen MR) is 68.1 cm³/mol. The smallest absolute Gasteiger partial charge is 0.356 e. The molecule has 0 saturated heterocycles. The number of rotatable bonds is 5. The second-order valence-corrected chi connectivity index (χ2v) is 4.79. The maximum absolute atomic E-state index is 11.3. The first-order valence-electron chi connectivity index (χ1n) is 5.77. The highest BCUT2D eigenvalue weighted by molar-refractivity contribution is 5.88. The summed E-state index contributed by atoms with van der Waals surface area (Å²) in [7, 11) is 1.35. The minimum Gasteiger partial charge on any atom is -0.464 e. The molecule has 0 aliphatic heterocycles. The summed E-state index contributed by atoms with van der Waals surface area (Å²) in [6.07, 6.45) is 2.70. The molecule has 0 aliphatic carbocycles. The van der Waals surface area contributed by atoms with Crippen LogP contribution in [0.2, 0.25) is 0 Å². The zero-order valence-corrected chi connectivity index (χ0v) is 10.9. The Kier molecular flexibility index (Phi) is 4.49. The molecule has 1 N–H and O–H groups in total. The molecule has 0 amide bonds. The first kappa shape index (κ1) is 13.5. The van der Waals surface area contributed by atoms with Crippen molar-refractivity contribution in [3.05, 3.63) is 24.0 Å². The SMILES string of the molecule is CCC(C)(C)CNc1ccnc(C(=O)OC)c1. The number of methoxy groups -OCH3 is 1. The van der Waals surface area contributed by atoms with Gasteiger partial charge in [-0.3, -0.25) is 0 Å². The molecule has 0 atom stereocenters. The minimum atomic E-state index is -0.414. The van der Waals surface area contributed by atoms with Gasteiger partial charge in [0.1, 0.15) is 5.69 Å². The van der Waals surface area contributed by atoms with Crippen LogP contribution in [0.1, 0.15) is 37.7 Å². The van der Waals surface area contributed by atoms with Crippen molar-refractivity contribution in [2.24, 2.45) is 5.41 Å². The first-order chi connectivity index (χ1) is 7.98. The fraction of sp³-hybridized carbons (Fsp3) is 0.538. The van der Waals surface area contributed by atoms with Gasteiger partial charge in [0.25, 0.3) is 0 Å². The normalized spacial score (nSPS) is 11.1. The second-order valence-electron chi connectivity index (χ2n) is 4.79. The lowest BCUT2D eigenvalue weighted by molar-refractivity contribution is 0.0594. The lowest BCUT2D eigenvalue weighted by atomic mass is 9.90. The summed E-state index contributed by atoms with van der Waals surface area (Å²) in [6, 6.07) is 3.55. The average molecular weight is 236 g/mol. The van der Waals surface area contributed by atoms with Crippen LogP contribution in [0.4, 0.5) is 5.69 Å². The molecule has 94 valence electrons. The van der Waals surface area contributed by atoms with Crippen molar-refractivity contribution in [3.63, 3.8) is 0 Å². The van der Waals surface area contributed by atoms with Crippen molar-refractivity contribution < 1.29 is 9.53 Å². The van der Waals surface area contributed by atoms with Crippen LogP contribution in [-0.4, -0.2) is 24.6 Å². The highest BCUT2D eigenvalue weighted by Gasteiger charge is 2.15. The molecule has 1 heterocycles. The zero-order valence-electron chi connectivity index (χ0n) is 10.9. The minimum absolute atomic E-state index is 0.231. The number of pyridine rings is 1. The number of nitrogens with zero attached hydrogens (tertiary/aromatic N) is 1. The summed E-state index contributed by atoms with van der Waals surface area (Å²) < 4.78 is 4.63. The average Bonchev–Trinajstić information content (AvgIpc) is 2.36. The summed E-state index contributed by atoms with van der Waals surface area (Å²) in [5, 5.41) is 3.31. The van der Waals surface area contributed by atoms with Crippen molar-refractivity contribution in [2.75, 3.05) is 19.0 Å². The third kappa shape index (κ3) is 4.06. The second kappa shape index (κ2) is 5.66. The fourth-order valence-corrected chi connectivity index (χ4v) is 1.22. The highest BCUT2D eigenvalue weighted by atomic mass is 16.5. The van der Waals surface area contributed by atoms with E-state index in [9.17, 15) is 4.79 Å². The quantitative estimate of drug-likeness (QED) is 0.799. The Morgan fingerprint density at radius 2 is 2.24 bits per heavy atom. The van der Waals surface area contributed by atoms with E-state index in [2.05, 4.69) is 35.8 Å². The lowest BCUT2D eigenvalue weighted by Gasteiger charge is -2.23. The van der Waals surface area contributed by atoms with E-state index >= 15 is 0 Å². The van der Waals surface area contributed by atoms with Gasteiger partial charge in [-0.25, -0.2) is 9.78 Å². The van der Waals surface area contributed by atoms with Crippen LogP contribution in [0.3, 0.4) is 0 Å². The molecule has 0 unspecified atom stereocenters. The monoisotopic (exact) mass is 236 g/mol. The van der Waals surface area contributed by atoms with E-state index in [1.54, 1.807) is 12.3 Å². The van der Waals surface area contributed by atoms with Crippen LogP contribution < -0.4 is 5.32 Å². The molecule has 4 nitrogen and oxygen atoms in total. The van der Waals surface area contributed by atoms with Gasteiger partial charge in [-0.05, 0) is 24.0 Å². The number of hydrogen-bond donors (Lipinski definition) is 1. The molecule has 1 aromatic heterocycles. The standard InChI is InChI=1S/C13H20N2O2/c1-5-13(2,3)9-15-10-6-7-14-11(8-10)12(16)17-4/h6-8H,5,9H2,1-4H3,(H,14,15). The number of anilines is 1. The van der Waals surface area contributed by atoms with Crippen molar-refractivity contribution in [1.29, 1.82) is 0 Å². The fourth-order valence-electron chi connectivity index (χ4n) is 1.22. The van der Waals surface area contributed by atoms with Crippen LogP contribution in [0.15, 0.2) is 18.3 Å². The molecule has 0 fully saturated rings. The molecule has 17 heavy (non-hydrogen) atoms. The number of nitrogens with one attached hydrogen (secondary N) is 1. The van der Waals surface area contributed by atoms with E-state index in [4.69, 9.17) is 0 Å². The van der Waals surface area contributed by atoms with Crippen LogP contribution in [0.25, 0.3) is 0 Å². The first-order valence-corrected chi connectivity index (χ1v) is 5.77. The Morgan fingerprint density at radius 1 is 1.53 bits per heavy atom. The third-order valence-electron chi connectivity index (χ3n) is 2.88. The molecule has 1 rings (SSSR count). The van der Waals surface area contributed by atoms with Gasteiger partial charge in [0.15, 0.2) is 0 Å². The van der Waals surface area contributed by atoms with Gasteiger partial charge in [0.2, 0.25) is 0 Å². The number of carbonyl (C=O) groups excluding carboxylic acids is 1. The van der Waals surface area contributed by atoms with Crippen LogP contribution in [-0.2, 0) is 4.74 Å². The Hall–Kier alpha value is -1.58. The summed E-state index contributed by atoms with van der Waals surface area (Å²) >= 11 is 0. The summed E-state index contributed by atoms with van der Waals surface area (Å²) in [5.74, 6) is -0.414. The zero-order chi connectivity index (χ0) is 12.9. The molecule has 0 aromatic carbocycles. The van der Waals surface area contributed by atoms with Gasteiger partial charge in [-0.15, -0.1) is 0 Å². The van der Waals surface area contributed by atoms with Crippen LogP contribution in [0, 0.1) is 5.41 Å².